The predicted molar refractivity (Wildman–Crippen MR) is 110 cm³/mol. The third kappa shape index (κ3) is 4.29. The highest BCUT2D eigenvalue weighted by molar-refractivity contribution is 6.02. The predicted octanol–water partition coefficient (Wildman–Crippen LogP) is 4.71. The number of aliphatic imine (C=N–C) groups is 1. The molecule has 4 aromatic rings. The Hall–Kier alpha value is -3.61. The van der Waals surface area contributed by atoms with E-state index in [2.05, 4.69) is 27.4 Å². The van der Waals surface area contributed by atoms with E-state index >= 15 is 0 Å². The van der Waals surface area contributed by atoms with Crippen molar-refractivity contribution < 1.29 is 9.13 Å². The van der Waals surface area contributed by atoms with Gasteiger partial charge in [-0.1, -0.05) is 54.5 Å². The molecule has 0 saturated heterocycles. The van der Waals surface area contributed by atoms with Gasteiger partial charge in [0.1, 0.15) is 18.2 Å². The number of rotatable bonds is 7. The molecule has 7 heteroatoms. The second-order valence-corrected chi connectivity index (χ2v) is 6.57. The Bertz CT molecular complexity index is 1140. The van der Waals surface area contributed by atoms with Gasteiger partial charge in [-0.05, 0) is 51.4 Å². The summed E-state index contributed by atoms with van der Waals surface area (Å²) in [5.41, 5.74) is 1.73. The third-order valence-corrected chi connectivity index (χ3v) is 4.50. The molecule has 0 radical (unpaired) electrons. The molecule has 0 aliphatic rings. The minimum Gasteiger partial charge on any atom is -0.488 e. The summed E-state index contributed by atoms with van der Waals surface area (Å²) in [6.45, 7) is 3.08. The maximum atomic E-state index is 13.1. The van der Waals surface area contributed by atoms with E-state index in [1.54, 1.807) is 23.0 Å². The van der Waals surface area contributed by atoms with Crippen molar-refractivity contribution in [1.29, 1.82) is 0 Å². The Morgan fingerprint density at radius 1 is 1.07 bits per heavy atom. The standard InChI is InChI=1S/C22H20FN5O/c1-2-13-28-22(25-26-27-28)24-14-20-19-6-4-3-5-17(19)9-12-21(20)29-15-16-7-10-18(23)11-8-16/h3-12,14H,2,13,15H2,1H3/b24-14+. The van der Waals surface area contributed by atoms with E-state index in [0.29, 0.717) is 24.8 Å². The Kier molecular flexibility index (Phi) is 5.56. The summed E-state index contributed by atoms with van der Waals surface area (Å²) in [6, 6.07) is 18.2. The highest BCUT2D eigenvalue weighted by Gasteiger charge is 2.09. The Balaban J connectivity index is 1.68. The van der Waals surface area contributed by atoms with Crippen molar-refractivity contribution in [2.45, 2.75) is 26.5 Å². The summed E-state index contributed by atoms with van der Waals surface area (Å²) >= 11 is 0. The van der Waals surface area contributed by atoms with E-state index in [9.17, 15) is 4.39 Å². The molecule has 29 heavy (non-hydrogen) atoms. The number of aryl methyl sites for hydroxylation is 1. The second kappa shape index (κ2) is 8.60. The quantitative estimate of drug-likeness (QED) is 0.430. The molecule has 1 heterocycles. The third-order valence-electron chi connectivity index (χ3n) is 4.50. The number of tetrazole rings is 1. The maximum Gasteiger partial charge on any atom is 0.269 e. The minimum absolute atomic E-state index is 0.267. The van der Waals surface area contributed by atoms with Gasteiger partial charge in [-0.3, -0.25) is 0 Å². The topological polar surface area (TPSA) is 65.2 Å². The number of nitrogens with zero attached hydrogens (tertiary/aromatic N) is 5. The number of hydrogen-bond donors (Lipinski definition) is 0. The molecule has 1 aromatic heterocycles. The van der Waals surface area contributed by atoms with Crippen molar-refractivity contribution in [3.63, 3.8) is 0 Å². The lowest BCUT2D eigenvalue weighted by atomic mass is 10.0. The molecule has 146 valence electrons. The summed E-state index contributed by atoms with van der Waals surface area (Å²) in [7, 11) is 0. The van der Waals surface area contributed by atoms with Crippen LogP contribution in [0.25, 0.3) is 10.8 Å². The highest BCUT2D eigenvalue weighted by Crippen LogP contribution is 2.28. The Morgan fingerprint density at radius 2 is 1.90 bits per heavy atom. The molecule has 0 amide bonds. The van der Waals surface area contributed by atoms with E-state index in [0.717, 1.165) is 28.3 Å². The van der Waals surface area contributed by atoms with Crippen LogP contribution in [-0.2, 0) is 13.2 Å². The lowest BCUT2D eigenvalue weighted by Crippen LogP contribution is -2.00. The molecule has 0 spiro atoms. The average molecular weight is 389 g/mol. The highest BCUT2D eigenvalue weighted by atomic mass is 19.1. The smallest absolute Gasteiger partial charge is 0.269 e. The first-order valence-electron chi connectivity index (χ1n) is 9.44. The maximum absolute atomic E-state index is 13.1. The molecule has 0 aliphatic carbocycles. The molecule has 0 aliphatic heterocycles. The van der Waals surface area contributed by atoms with Gasteiger partial charge in [-0.2, -0.15) is 0 Å². The van der Waals surface area contributed by atoms with Crippen molar-refractivity contribution in [3.8, 4) is 5.75 Å². The summed E-state index contributed by atoms with van der Waals surface area (Å²) in [5.74, 6) is 0.868. The normalized spacial score (nSPS) is 11.4. The average Bonchev–Trinajstić information content (AvgIpc) is 3.19. The van der Waals surface area contributed by atoms with Crippen LogP contribution < -0.4 is 4.74 Å². The molecule has 0 N–H and O–H groups in total. The van der Waals surface area contributed by atoms with Crippen LogP contribution in [0.2, 0.25) is 0 Å². The first-order chi connectivity index (χ1) is 14.2. The Morgan fingerprint density at radius 3 is 2.72 bits per heavy atom. The molecule has 0 saturated carbocycles. The van der Waals surface area contributed by atoms with Crippen molar-refractivity contribution in [2.24, 2.45) is 4.99 Å². The van der Waals surface area contributed by atoms with Crippen LogP contribution in [0, 0.1) is 5.82 Å². The summed E-state index contributed by atoms with van der Waals surface area (Å²) < 4.78 is 20.8. The van der Waals surface area contributed by atoms with Gasteiger partial charge in [0.25, 0.3) is 5.95 Å². The molecule has 4 rings (SSSR count). The molecule has 0 bridgehead atoms. The van der Waals surface area contributed by atoms with Crippen molar-refractivity contribution in [1.82, 2.24) is 20.2 Å². The van der Waals surface area contributed by atoms with E-state index in [1.165, 1.54) is 12.1 Å². The number of ether oxygens (including phenoxy) is 1. The van der Waals surface area contributed by atoms with Crippen LogP contribution in [0.15, 0.2) is 65.7 Å². The first-order valence-corrected chi connectivity index (χ1v) is 9.44. The molecule has 0 atom stereocenters. The van der Waals surface area contributed by atoms with E-state index in [1.807, 2.05) is 36.4 Å². The molecule has 6 nitrogen and oxygen atoms in total. The minimum atomic E-state index is -0.267. The summed E-state index contributed by atoms with van der Waals surface area (Å²) in [4.78, 5) is 4.50. The van der Waals surface area contributed by atoms with Gasteiger partial charge >= 0.3 is 0 Å². The van der Waals surface area contributed by atoms with Gasteiger partial charge < -0.3 is 4.74 Å². The monoisotopic (exact) mass is 389 g/mol. The Labute approximate surface area is 167 Å². The summed E-state index contributed by atoms with van der Waals surface area (Å²) in [6.07, 6.45) is 2.65. The molecule has 0 fully saturated rings. The first kappa shape index (κ1) is 18.7. The van der Waals surface area contributed by atoms with Gasteiger partial charge in [-0.15, -0.1) is 0 Å². The van der Waals surface area contributed by atoms with Gasteiger partial charge in [0.2, 0.25) is 0 Å². The number of hydrogen-bond acceptors (Lipinski definition) is 5. The molecule has 3 aromatic carbocycles. The fourth-order valence-corrected chi connectivity index (χ4v) is 3.05. The zero-order chi connectivity index (χ0) is 20.1. The van der Waals surface area contributed by atoms with E-state index in [4.69, 9.17) is 4.74 Å². The van der Waals surface area contributed by atoms with Crippen LogP contribution in [0.5, 0.6) is 5.75 Å². The SMILES string of the molecule is CCCn1nnnc1/N=C/c1c(OCc2ccc(F)cc2)ccc2ccccc12. The number of aromatic nitrogens is 4. The van der Waals surface area contributed by atoms with Crippen molar-refractivity contribution >= 4 is 22.9 Å². The molecule has 0 unspecified atom stereocenters. The number of halogens is 1. The lowest BCUT2D eigenvalue weighted by molar-refractivity contribution is 0.306. The van der Waals surface area contributed by atoms with Gasteiger partial charge in [0, 0.05) is 18.3 Å². The van der Waals surface area contributed by atoms with E-state index < -0.39 is 0 Å². The summed E-state index contributed by atoms with van der Waals surface area (Å²) in [5, 5.41) is 13.8. The van der Waals surface area contributed by atoms with Crippen molar-refractivity contribution in [2.75, 3.05) is 0 Å². The molecular formula is C22H20FN5O. The zero-order valence-corrected chi connectivity index (χ0v) is 16.0. The molecular weight excluding hydrogens is 369 g/mol. The zero-order valence-electron chi connectivity index (χ0n) is 16.0. The fraction of sp³-hybridized carbons (Fsp3) is 0.182. The van der Waals surface area contributed by atoms with Crippen LogP contribution in [-0.4, -0.2) is 26.4 Å². The number of benzene rings is 3. The van der Waals surface area contributed by atoms with E-state index in [-0.39, 0.29) is 5.82 Å². The lowest BCUT2D eigenvalue weighted by Gasteiger charge is -2.12. The van der Waals surface area contributed by atoms with Crippen LogP contribution in [0.4, 0.5) is 10.3 Å². The number of fused-ring (bicyclic) bond motifs is 1. The fourth-order valence-electron chi connectivity index (χ4n) is 3.05. The largest absolute Gasteiger partial charge is 0.488 e. The van der Waals surface area contributed by atoms with Gasteiger partial charge in [-0.25, -0.2) is 14.1 Å². The van der Waals surface area contributed by atoms with Crippen molar-refractivity contribution in [3.05, 3.63) is 77.6 Å². The second-order valence-electron chi connectivity index (χ2n) is 6.57. The van der Waals surface area contributed by atoms with Gasteiger partial charge in [0.15, 0.2) is 0 Å². The van der Waals surface area contributed by atoms with Crippen LogP contribution in [0.1, 0.15) is 24.5 Å². The van der Waals surface area contributed by atoms with Crippen LogP contribution in [0.3, 0.4) is 0 Å². The van der Waals surface area contributed by atoms with Gasteiger partial charge in [0.05, 0.1) is 0 Å². The van der Waals surface area contributed by atoms with Crippen LogP contribution >= 0.6 is 0 Å².